The van der Waals surface area contributed by atoms with Gasteiger partial charge >= 0.3 is 0 Å². The van der Waals surface area contributed by atoms with Gasteiger partial charge in [-0.25, -0.2) is 13.8 Å². The van der Waals surface area contributed by atoms with Crippen LogP contribution in [0, 0.1) is 11.6 Å². The van der Waals surface area contributed by atoms with Crippen molar-refractivity contribution < 1.29 is 23.0 Å². The molecule has 0 unspecified atom stereocenters. The summed E-state index contributed by atoms with van der Waals surface area (Å²) in [7, 11) is 1.49. The molecule has 138 valence electrons. The standard InChI is InChI=1S/C18H19F2N3O3/c1-25-17-9-15(13(10-22-17)18(21)24)23-6-4-12(5-7-23)26-16-3-2-11(19)8-14(16)20/h2-3,8-10,12H,4-7H2,1H3,(H2,21,24). The molecular formula is C18H19F2N3O3. The molecule has 2 N–H and O–H groups in total. The predicted octanol–water partition coefficient (Wildman–Crippen LogP) is 2.52. The number of piperidine rings is 1. The number of halogens is 2. The Bertz CT molecular complexity index is 808. The molecule has 1 fully saturated rings. The number of nitrogens with zero attached hydrogens (tertiary/aromatic N) is 2. The van der Waals surface area contributed by atoms with Crippen LogP contribution in [0.2, 0.25) is 0 Å². The monoisotopic (exact) mass is 363 g/mol. The van der Waals surface area contributed by atoms with Gasteiger partial charge in [-0.05, 0) is 12.1 Å². The topological polar surface area (TPSA) is 77.7 Å². The lowest BCUT2D eigenvalue weighted by Crippen LogP contribution is -2.39. The second-order valence-corrected chi connectivity index (χ2v) is 5.99. The van der Waals surface area contributed by atoms with Crippen LogP contribution in [0.5, 0.6) is 11.6 Å². The lowest BCUT2D eigenvalue weighted by atomic mass is 10.1. The highest BCUT2D eigenvalue weighted by atomic mass is 19.1. The molecule has 3 rings (SSSR count). The van der Waals surface area contributed by atoms with Crippen molar-refractivity contribution in [2.24, 2.45) is 5.73 Å². The summed E-state index contributed by atoms with van der Waals surface area (Å²) in [6, 6.07) is 4.92. The van der Waals surface area contributed by atoms with Gasteiger partial charge in [-0.3, -0.25) is 4.79 Å². The number of ether oxygens (including phenoxy) is 2. The van der Waals surface area contributed by atoms with Crippen molar-refractivity contribution in [1.82, 2.24) is 4.98 Å². The minimum atomic E-state index is -0.720. The molecule has 0 bridgehead atoms. The molecule has 1 aromatic heterocycles. The van der Waals surface area contributed by atoms with E-state index in [-0.39, 0.29) is 11.9 Å². The van der Waals surface area contributed by atoms with E-state index in [1.54, 1.807) is 6.07 Å². The zero-order valence-electron chi connectivity index (χ0n) is 14.2. The number of anilines is 1. The van der Waals surface area contributed by atoms with Gasteiger partial charge in [-0.1, -0.05) is 0 Å². The third-order valence-corrected chi connectivity index (χ3v) is 4.30. The number of amides is 1. The molecule has 2 heterocycles. The molecule has 26 heavy (non-hydrogen) atoms. The zero-order chi connectivity index (χ0) is 18.7. The molecule has 6 nitrogen and oxygen atoms in total. The fraction of sp³-hybridized carbons (Fsp3) is 0.333. The first-order valence-corrected chi connectivity index (χ1v) is 8.18. The fourth-order valence-corrected chi connectivity index (χ4v) is 2.95. The number of primary amides is 1. The highest BCUT2D eigenvalue weighted by Crippen LogP contribution is 2.29. The summed E-state index contributed by atoms with van der Waals surface area (Å²) >= 11 is 0. The van der Waals surface area contributed by atoms with Crippen LogP contribution < -0.4 is 20.1 Å². The second kappa shape index (κ2) is 7.55. The smallest absolute Gasteiger partial charge is 0.252 e. The number of aromatic nitrogens is 1. The summed E-state index contributed by atoms with van der Waals surface area (Å²) < 4.78 is 37.5. The van der Waals surface area contributed by atoms with E-state index in [0.717, 1.165) is 12.1 Å². The minimum absolute atomic E-state index is 0.0354. The van der Waals surface area contributed by atoms with Crippen molar-refractivity contribution in [3.05, 3.63) is 47.7 Å². The van der Waals surface area contributed by atoms with Crippen molar-refractivity contribution in [3.8, 4) is 11.6 Å². The van der Waals surface area contributed by atoms with E-state index in [2.05, 4.69) is 4.98 Å². The van der Waals surface area contributed by atoms with Gasteiger partial charge in [-0.2, -0.15) is 0 Å². The average Bonchev–Trinajstić information content (AvgIpc) is 2.64. The molecule has 1 aliphatic rings. The van der Waals surface area contributed by atoms with Crippen molar-refractivity contribution in [2.45, 2.75) is 18.9 Å². The van der Waals surface area contributed by atoms with E-state index in [1.165, 1.54) is 19.4 Å². The molecule has 1 aromatic carbocycles. The first-order chi connectivity index (χ1) is 12.5. The number of nitrogens with two attached hydrogens (primary N) is 1. The van der Waals surface area contributed by atoms with Gasteiger partial charge in [0.15, 0.2) is 11.6 Å². The summed E-state index contributed by atoms with van der Waals surface area (Å²) in [5.74, 6) is -1.51. The first kappa shape index (κ1) is 17.9. The van der Waals surface area contributed by atoms with Gasteiger partial charge in [0.2, 0.25) is 5.88 Å². The number of benzene rings is 1. The van der Waals surface area contributed by atoms with E-state index in [1.807, 2.05) is 4.90 Å². The van der Waals surface area contributed by atoms with Crippen LogP contribution in [0.3, 0.4) is 0 Å². The summed E-state index contributed by atoms with van der Waals surface area (Å²) in [6.45, 7) is 1.17. The predicted molar refractivity (Wildman–Crippen MR) is 91.5 cm³/mol. The maximum atomic E-state index is 13.7. The number of rotatable bonds is 5. The lowest BCUT2D eigenvalue weighted by Gasteiger charge is -2.34. The summed E-state index contributed by atoms with van der Waals surface area (Å²) in [5, 5.41) is 0. The van der Waals surface area contributed by atoms with E-state index in [0.29, 0.717) is 43.1 Å². The van der Waals surface area contributed by atoms with Gasteiger partial charge in [-0.15, -0.1) is 0 Å². The molecule has 0 aliphatic carbocycles. The zero-order valence-corrected chi connectivity index (χ0v) is 14.2. The van der Waals surface area contributed by atoms with Crippen LogP contribution in [-0.2, 0) is 0 Å². The largest absolute Gasteiger partial charge is 0.487 e. The minimum Gasteiger partial charge on any atom is -0.487 e. The Morgan fingerprint density at radius 2 is 2.00 bits per heavy atom. The van der Waals surface area contributed by atoms with E-state index < -0.39 is 17.5 Å². The molecule has 0 radical (unpaired) electrons. The lowest BCUT2D eigenvalue weighted by molar-refractivity contribution is 0.1000. The van der Waals surface area contributed by atoms with Crippen LogP contribution in [0.1, 0.15) is 23.2 Å². The molecule has 0 spiro atoms. The van der Waals surface area contributed by atoms with Crippen molar-refractivity contribution in [3.63, 3.8) is 0 Å². The highest BCUT2D eigenvalue weighted by Gasteiger charge is 2.25. The van der Waals surface area contributed by atoms with E-state index in [9.17, 15) is 13.6 Å². The Labute approximate surface area is 149 Å². The maximum Gasteiger partial charge on any atom is 0.252 e. The van der Waals surface area contributed by atoms with Crippen LogP contribution in [-0.4, -0.2) is 37.2 Å². The molecule has 1 saturated heterocycles. The number of carbonyl (C=O) groups is 1. The Kier molecular flexibility index (Phi) is 5.20. The van der Waals surface area contributed by atoms with Gasteiger partial charge in [0.1, 0.15) is 11.9 Å². The average molecular weight is 363 g/mol. The van der Waals surface area contributed by atoms with Crippen LogP contribution in [0.15, 0.2) is 30.5 Å². The normalized spacial score (nSPS) is 15.0. The molecule has 2 aromatic rings. The Hall–Kier alpha value is -2.90. The Morgan fingerprint density at radius 3 is 2.62 bits per heavy atom. The highest BCUT2D eigenvalue weighted by molar-refractivity contribution is 5.98. The van der Waals surface area contributed by atoms with Crippen LogP contribution in [0.4, 0.5) is 14.5 Å². The molecule has 0 saturated carbocycles. The molecule has 1 aliphatic heterocycles. The molecule has 1 amide bonds. The number of hydrogen-bond donors (Lipinski definition) is 1. The van der Waals surface area contributed by atoms with Crippen molar-refractivity contribution >= 4 is 11.6 Å². The van der Waals surface area contributed by atoms with Crippen LogP contribution in [0.25, 0.3) is 0 Å². The van der Waals surface area contributed by atoms with E-state index in [4.69, 9.17) is 15.2 Å². The molecule has 0 atom stereocenters. The second-order valence-electron chi connectivity index (χ2n) is 5.99. The quantitative estimate of drug-likeness (QED) is 0.883. The Morgan fingerprint density at radius 1 is 1.27 bits per heavy atom. The third kappa shape index (κ3) is 3.84. The van der Waals surface area contributed by atoms with Gasteiger partial charge in [0.05, 0.1) is 18.4 Å². The first-order valence-electron chi connectivity index (χ1n) is 8.18. The SMILES string of the molecule is COc1cc(N2CCC(Oc3ccc(F)cc3F)CC2)c(C(N)=O)cn1. The van der Waals surface area contributed by atoms with Crippen molar-refractivity contribution in [2.75, 3.05) is 25.1 Å². The number of pyridine rings is 1. The summed E-state index contributed by atoms with van der Waals surface area (Å²) in [6.07, 6.45) is 2.42. The number of hydrogen-bond acceptors (Lipinski definition) is 5. The van der Waals surface area contributed by atoms with Gasteiger partial charge < -0.3 is 20.1 Å². The summed E-state index contributed by atoms with van der Waals surface area (Å²) in [5.41, 5.74) is 6.39. The molecule has 8 heteroatoms. The van der Waals surface area contributed by atoms with Crippen molar-refractivity contribution in [1.29, 1.82) is 0 Å². The van der Waals surface area contributed by atoms with Gasteiger partial charge in [0.25, 0.3) is 5.91 Å². The van der Waals surface area contributed by atoms with Gasteiger partial charge in [0, 0.05) is 44.3 Å². The van der Waals surface area contributed by atoms with Crippen LogP contribution >= 0.6 is 0 Å². The third-order valence-electron chi connectivity index (χ3n) is 4.30. The van der Waals surface area contributed by atoms with E-state index >= 15 is 0 Å². The maximum absolute atomic E-state index is 13.7. The molecular weight excluding hydrogens is 344 g/mol. The number of methoxy groups -OCH3 is 1. The Balaban J connectivity index is 1.69. The summed E-state index contributed by atoms with van der Waals surface area (Å²) in [4.78, 5) is 17.7. The number of carbonyl (C=O) groups excluding carboxylic acids is 1. The fourth-order valence-electron chi connectivity index (χ4n) is 2.95.